The zero-order chi connectivity index (χ0) is 27.2. The van der Waals surface area contributed by atoms with E-state index in [-0.39, 0.29) is 34.8 Å². The molecule has 196 valence electrons. The van der Waals surface area contributed by atoms with Crippen LogP contribution in [-0.2, 0) is 11.2 Å². The lowest BCUT2D eigenvalue weighted by Crippen LogP contribution is -2.35. The number of esters is 1. The average molecular weight is 518 g/mol. The van der Waals surface area contributed by atoms with Crippen LogP contribution in [0.4, 0.5) is 4.39 Å². The summed E-state index contributed by atoms with van der Waals surface area (Å²) in [6.45, 7) is 3.07. The van der Waals surface area contributed by atoms with Crippen LogP contribution in [0.3, 0.4) is 0 Å². The standard InChI is InChI=1S/C25H23FO11/c1-9(2)35-24-20(26)13(7-17(31)22(24)33)25(34)37-19-8-12-14(28)5-11(27)6-18(12)36-23(19)10-3-15(29)21(32)16(30)4-10/h3-7,9,19,23,27-33H,8H2,1-2H3/t19-,23+/m1/s1. The highest BCUT2D eigenvalue weighted by Crippen LogP contribution is 2.46. The van der Waals surface area contributed by atoms with E-state index in [9.17, 15) is 40.5 Å². The Labute approximate surface area is 208 Å². The fraction of sp³-hybridized carbons (Fsp3) is 0.240. The number of fused-ring (bicyclic) bond motifs is 1. The molecular formula is C25H23FO11. The van der Waals surface area contributed by atoms with Crippen LogP contribution in [0, 0.1) is 5.82 Å². The monoisotopic (exact) mass is 518 g/mol. The molecule has 4 rings (SSSR count). The summed E-state index contributed by atoms with van der Waals surface area (Å²) in [5.41, 5.74) is -0.615. The highest BCUT2D eigenvalue weighted by molar-refractivity contribution is 5.91. The highest BCUT2D eigenvalue weighted by Gasteiger charge is 2.38. The van der Waals surface area contributed by atoms with Crippen LogP contribution in [0.5, 0.6) is 51.7 Å². The Morgan fingerprint density at radius 1 is 0.919 bits per heavy atom. The topological polar surface area (TPSA) is 186 Å². The van der Waals surface area contributed by atoms with Gasteiger partial charge in [0.15, 0.2) is 34.9 Å². The molecule has 0 radical (unpaired) electrons. The Balaban J connectivity index is 1.76. The van der Waals surface area contributed by atoms with E-state index in [1.165, 1.54) is 19.9 Å². The Morgan fingerprint density at radius 3 is 2.16 bits per heavy atom. The van der Waals surface area contributed by atoms with Crippen molar-refractivity contribution in [2.75, 3.05) is 0 Å². The van der Waals surface area contributed by atoms with Gasteiger partial charge < -0.3 is 50.0 Å². The maximum absolute atomic E-state index is 15.1. The van der Waals surface area contributed by atoms with Crippen LogP contribution in [0.15, 0.2) is 30.3 Å². The van der Waals surface area contributed by atoms with Crippen molar-refractivity contribution in [1.29, 1.82) is 0 Å². The first-order valence-corrected chi connectivity index (χ1v) is 11.0. The number of carbonyl (C=O) groups excluding carboxylic acids is 1. The van der Waals surface area contributed by atoms with E-state index >= 15 is 4.39 Å². The molecule has 0 saturated heterocycles. The van der Waals surface area contributed by atoms with Crippen molar-refractivity contribution in [2.24, 2.45) is 0 Å². The molecule has 37 heavy (non-hydrogen) atoms. The van der Waals surface area contributed by atoms with E-state index in [0.717, 1.165) is 18.2 Å². The molecule has 3 aromatic carbocycles. The first-order valence-electron chi connectivity index (χ1n) is 11.0. The molecule has 1 aliphatic heterocycles. The van der Waals surface area contributed by atoms with E-state index in [4.69, 9.17) is 14.2 Å². The van der Waals surface area contributed by atoms with Crippen LogP contribution in [0.25, 0.3) is 0 Å². The number of phenols is 7. The highest BCUT2D eigenvalue weighted by atomic mass is 19.1. The van der Waals surface area contributed by atoms with Crippen LogP contribution in [-0.4, -0.2) is 53.9 Å². The molecule has 0 unspecified atom stereocenters. The smallest absolute Gasteiger partial charge is 0.341 e. The van der Waals surface area contributed by atoms with Gasteiger partial charge in [-0.2, -0.15) is 0 Å². The Hall–Kier alpha value is -4.74. The van der Waals surface area contributed by atoms with Crippen LogP contribution in [0.1, 0.15) is 41.4 Å². The number of carbonyl (C=O) groups is 1. The lowest BCUT2D eigenvalue weighted by Gasteiger charge is -2.34. The molecule has 0 aromatic heterocycles. The number of benzene rings is 3. The van der Waals surface area contributed by atoms with Crippen molar-refractivity contribution >= 4 is 5.97 Å². The minimum Gasteiger partial charge on any atom is -0.508 e. The molecule has 0 aliphatic carbocycles. The molecule has 0 saturated carbocycles. The average Bonchev–Trinajstić information content (AvgIpc) is 2.82. The summed E-state index contributed by atoms with van der Waals surface area (Å²) in [6.07, 6.45) is -3.44. The Kier molecular flexibility index (Phi) is 6.42. The van der Waals surface area contributed by atoms with Crippen LogP contribution < -0.4 is 9.47 Å². The number of rotatable bonds is 5. The number of phenolic OH excluding ortho intramolecular Hbond substituents is 7. The van der Waals surface area contributed by atoms with Crippen molar-refractivity contribution in [3.8, 4) is 51.7 Å². The van der Waals surface area contributed by atoms with E-state index in [1.807, 2.05) is 0 Å². The third kappa shape index (κ3) is 4.73. The summed E-state index contributed by atoms with van der Waals surface area (Å²) in [6, 6.07) is 4.95. The molecular weight excluding hydrogens is 495 g/mol. The maximum Gasteiger partial charge on any atom is 0.341 e. The summed E-state index contributed by atoms with van der Waals surface area (Å²) in [5, 5.41) is 69.8. The third-order valence-electron chi connectivity index (χ3n) is 5.59. The number of hydrogen-bond donors (Lipinski definition) is 7. The second-order valence-corrected chi connectivity index (χ2v) is 8.64. The maximum atomic E-state index is 15.1. The minimum atomic E-state index is -1.32. The van der Waals surface area contributed by atoms with Crippen molar-refractivity contribution in [1.82, 2.24) is 0 Å². The summed E-state index contributed by atoms with van der Waals surface area (Å²) >= 11 is 0. The minimum absolute atomic E-state index is 0.00271. The molecule has 1 aliphatic rings. The molecule has 12 heteroatoms. The van der Waals surface area contributed by atoms with Crippen molar-refractivity contribution < 1.29 is 59.1 Å². The molecule has 0 spiro atoms. The fourth-order valence-electron chi connectivity index (χ4n) is 3.93. The first-order chi connectivity index (χ1) is 17.4. The molecule has 1 heterocycles. The largest absolute Gasteiger partial charge is 0.508 e. The number of ether oxygens (including phenoxy) is 3. The Morgan fingerprint density at radius 2 is 1.54 bits per heavy atom. The molecule has 11 nitrogen and oxygen atoms in total. The van der Waals surface area contributed by atoms with Gasteiger partial charge in [-0.15, -0.1) is 0 Å². The lowest BCUT2D eigenvalue weighted by molar-refractivity contribution is -0.0193. The van der Waals surface area contributed by atoms with Gasteiger partial charge in [-0.25, -0.2) is 9.18 Å². The zero-order valence-electron chi connectivity index (χ0n) is 19.5. The lowest BCUT2D eigenvalue weighted by atomic mass is 9.93. The fourth-order valence-corrected chi connectivity index (χ4v) is 3.93. The van der Waals surface area contributed by atoms with Gasteiger partial charge in [0.2, 0.25) is 11.5 Å². The number of hydrogen-bond acceptors (Lipinski definition) is 11. The SMILES string of the molecule is CC(C)Oc1c(O)c(O)cc(C(=O)O[C@@H]2Cc3c(O)cc(O)cc3O[C@H]2c2cc(O)c(O)c(O)c2)c1F. The van der Waals surface area contributed by atoms with Gasteiger partial charge >= 0.3 is 5.97 Å². The third-order valence-corrected chi connectivity index (χ3v) is 5.59. The normalized spacial score (nSPS) is 16.6. The molecule has 0 amide bonds. The predicted molar refractivity (Wildman–Crippen MR) is 123 cm³/mol. The van der Waals surface area contributed by atoms with E-state index in [1.54, 1.807) is 0 Å². The molecule has 7 N–H and O–H groups in total. The predicted octanol–water partition coefficient (Wildman–Crippen LogP) is 3.45. The molecule has 2 atom stereocenters. The van der Waals surface area contributed by atoms with Crippen molar-refractivity contribution in [2.45, 2.75) is 38.6 Å². The number of halogens is 1. The van der Waals surface area contributed by atoms with Crippen LogP contribution >= 0.6 is 0 Å². The second kappa shape index (κ2) is 9.37. The van der Waals surface area contributed by atoms with Gasteiger partial charge in [0.25, 0.3) is 0 Å². The summed E-state index contributed by atoms with van der Waals surface area (Å²) in [7, 11) is 0. The number of aromatic hydroxyl groups is 7. The summed E-state index contributed by atoms with van der Waals surface area (Å²) < 4.78 is 31.6. The van der Waals surface area contributed by atoms with Gasteiger partial charge in [0.05, 0.1) is 6.10 Å². The molecule has 0 fully saturated rings. The molecule has 0 bridgehead atoms. The van der Waals surface area contributed by atoms with Gasteiger partial charge in [-0.1, -0.05) is 0 Å². The van der Waals surface area contributed by atoms with Gasteiger partial charge in [-0.05, 0) is 26.0 Å². The van der Waals surface area contributed by atoms with E-state index in [0.29, 0.717) is 6.07 Å². The summed E-state index contributed by atoms with van der Waals surface area (Å²) in [5.74, 6) is -8.03. The van der Waals surface area contributed by atoms with Gasteiger partial charge in [0, 0.05) is 35.7 Å². The summed E-state index contributed by atoms with van der Waals surface area (Å²) in [4.78, 5) is 13.0. The Bertz CT molecular complexity index is 1360. The van der Waals surface area contributed by atoms with Crippen LogP contribution in [0.2, 0.25) is 0 Å². The van der Waals surface area contributed by atoms with E-state index < -0.39 is 70.2 Å². The zero-order valence-corrected chi connectivity index (χ0v) is 19.5. The van der Waals surface area contributed by atoms with Gasteiger partial charge in [-0.3, -0.25) is 0 Å². The van der Waals surface area contributed by atoms with Gasteiger partial charge in [0.1, 0.15) is 28.9 Å². The first kappa shape index (κ1) is 25.4. The van der Waals surface area contributed by atoms with E-state index in [2.05, 4.69) is 0 Å². The van der Waals surface area contributed by atoms with Crippen molar-refractivity contribution in [3.63, 3.8) is 0 Å². The van der Waals surface area contributed by atoms with Crippen molar-refractivity contribution in [3.05, 3.63) is 52.8 Å². The quantitative estimate of drug-likeness (QED) is 0.194. The molecule has 3 aromatic rings. The second-order valence-electron chi connectivity index (χ2n) is 8.64.